The van der Waals surface area contributed by atoms with Gasteiger partial charge in [-0.25, -0.2) is 0 Å². The second kappa shape index (κ2) is 5.26. The van der Waals surface area contributed by atoms with Crippen molar-refractivity contribution in [2.24, 2.45) is 5.92 Å². The van der Waals surface area contributed by atoms with E-state index in [1.54, 1.807) is 0 Å². The summed E-state index contributed by atoms with van der Waals surface area (Å²) in [4.78, 5) is 0. The van der Waals surface area contributed by atoms with Gasteiger partial charge in [0.05, 0.1) is 6.61 Å². The highest BCUT2D eigenvalue weighted by Gasteiger charge is 2.22. The van der Waals surface area contributed by atoms with Gasteiger partial charge in [0.2, 0.25) is 0 Å². The van der Waals surface area contributed by atoms with Gasteiger partial charge in [-0.15, -0.1) is 12.3 Å². The van der Waals surface area contributed by atoms with Crippen molar-refractivity contribution in [3.8, 4) is 12.3 Å². The van der Waals surface area contributed by atoms with Crippen molar-refractivity contribution in [1.29, 1.82) is 0 Å². The van der Waals surface area contributed by atoms with Crippen LogP contribution in [0.2, 0.25) is 0 Å². The van der Waals surface area contributed by atoms with Crippen molar-refractivity contribution in [3.05, 3.63) is 0 Å². The summed E-state index contributed by atoms with van der Waals surface area (Å²) in [5.41, 5.74) is 0. The molecule has 13 heavy (non-hydrogen) atoms. The molecule has 1 fully saturated rings. The minimum Gasteiger partial charge on any atom is -0.381 e. The normalized spacial score (nSPS) is 26.7. The van der Waals surface area contributed by atoms with E-state index in [2.05, 4.69) is 25.1 Å². The molecular weight excluding hydrogens is 162 g/mol. The summed E-state index contributed by atoms with van der Waals surface area (Å²) in [5, 5.41) is 3.50. The van der Waals surface area contributed by atoms with Crippen molar-refractivity contribution < 1.29 is 4.74 Å². The fraction of sp³-hybridized carbons (Fsp3) is 0.818. The van der Waals surface area contributed by atoms with Crippen LogP contribution in [0, 0.1) is 18.3 Å². The molecule has 74 valence electrons. The molecule has 2 heteroatoms. The van der Waals surface area contributed by atoms with Crippen LogP contribution >= 0.6 is 0 Å². The highest BCUT2D eigenvalue weighted by molar-refractivity contribution is 4.89. The largest absolute Gasteiger partial charge is 0.381 e. The molecule has 1 aliphatic rings. The predicted octanol–water partition coefficient (Wildman–Crippen LogP) is 1.41. The number of rotatable bonds is 4. The highest BCUT2D eigenvalue weighted by atomic mass is 16.5. The van der Waals surface area contributed by atoms with Gasteiger partial charge in [-0.2, -0.15) is 0 Å². The Morgan fingerprint density at radius 1 is 1.62 bits per heavy atom. The van der Waals surface area contributed by atoms with Crippen LogP contribution in [0.5, 0.6) is 0 Å². The lowest BCUT2D eigenvalue weighted by Gasteiger charge is -2.22. The van der Waals surface area contributed by atoms with Gasteiger partial charge in [-0.3, -0.25) is 0 Å². The second-order valence-electron chi connectivity index (χ2n) is 3.89. The third-order valence-corrected chi connectivity index (χ3v) is 2.64. The summed E-state index contributed by atoms with van der Waals surface area (Å²) in [6.45, 7) is 6.16. The van der Waals surface area contributed by atoms with Crippen LogP contribution in [-0.2, 0) is 4.74 Å². The standard InChI is InChI=1S/C11H19NO/c1-4-5-9(2)12-10(3)11-6-7-13-8-11/h1,9-12H,5-8H2,2-3H3. The Morgan fingerprint density at radius 2 is 2.38 bits per heavy atom. The zero-order valence-electron chi connectivity index (χ0n) is 8.55. The van der Waals surface area contributed by atoms with E-state index in [1.807, 2.05) is 0 Å². The monoisotopic (exact) mass is 181 g/mol. The lowest BCUT2D eigenvalue weighted by atomic mass is 10.00. The van der Waals surface area contributed by atoms with E-state index in [0.29, 0.717) is 18.0 Å². The SMILES string of the molecule is C#CCC(C)NC(C)C1CCOC1. The van der Waals surface area contributed by atoms with Gasteiger partial charge < -0.3 is 10.1 Å². The van der Waals surface area contributed by atoms with E-state index >= 15 is 0 Å². The quantitative estimate of drug-likeness (QED) is 0.662. The fourth-order valence-electron chi connectivity index (χ4n) is 1.77. The Bertz CT molecular complexity index is 179. The van der Waals surface area contributed by atoms with E-state index in [-0.39, 0.29) is 0 Å². The molecule has 0 saturated carbocycles. The molecule has 0 aromatic rings. The molecule has 3 unspecified atom stereocenters. The first-order chi connectivity index (χ1) is 6.24. The number of hydrogen-bond donors (Lipinski definition) is 1. The maximum atomic E-state index is 5.34. The van der Waals surface area contributed by atoms with Crippen molar-refractivity contribution in [2.75, 3.05) is 13.2 Å². The van der Waals surface area contributed by atoms with Crippen LogP contribution in [0.25, 0.3) is 0 Å². The molecule has 1 aliphatic heterocycles. The van der Waals surface area contributed by atoms with Crippen molar-refractivity contribution >= 4 is 0 Å². The molecule has 1 heterocycles. The molecule has 3 atom stereocenters. The zero-order chi connectivity index (χ0) is 9.68. The summed E-state index contributed by atoms with van der Waals surface area (Å²) in [7, 11) is 0. The molecule has 0 aliphatic carbocycles. The minimum absolute atomic E-state index is 0.417. The molecule has 1 rings (SSSR count). The lowest BCUT2D eigenvalue weighted by molar-refractivity contribution is 0.177. The molecule has 0 aromatic heterocycles. The molecule has 1 N–H and O–H groups in total. The van der Waals surface area contributed by atoms with Gasteiger partial charge in [-0.05, 0) is 26.2 Å². The van der Waals surface area contributed by atoms with Crippen LogP contribution in [0.3, 0.4) is 0 Å². The van der Waals surface area contributed by atoms with Crippen LogP contribution in [0.15, 0.2) is 0 Å². The van der Waals surface area contributed by atoms with Gasteiger partial charge in [0, 0.05) is 25.1 Å². The summed E-state index contributed by atoms with van der Waals surface area (Å²) in [5.74, 6) is 3.34. The van der Waals surface area contributed by atoms with Crippen molar-refractivity contribution in [2.45, 2.75) is 38.8 Å². The molecular formula is C11H19NO. The molecule has 0 aromatic carbocycles. The summed E-state index contributed by atoms with van der Waals surface area (Å²) in [6, 6.07) is 0.937. The van der Waals surface area contributed by atoms with Gasteiger partial charge >= 0.3 is 0 Å². The highest BCUT2D eigenvalue weighted by Crippen LogP contribution is 2.16. The predicted molar refractivity (Wildman–Crippen MR) is 54.4 cm³/mol. The van der Waals surface area contributed by atoms with Crippen LogP contribution in [0.4, 0.5) is 0 Å². The smallest absolute Gasteiger partial charge is 0.0509 e. The van der Waals surface area contributed by atoms with Gasteiger partial charge in [0.15, 0.2) is 0 Å². The van der Waals surface area contributed by atoms with E-state index in [1.165, 1.54) is 6.42 Å². The third-order valence-electron chi connectivity index (χ3n) is 2.64. The van der Waals surface area contributed by atoms with Crippen LogP contribution in [-0.4, -0.2) is 25.3 Å². The third kappa shape index (κ3) is 3.38. The van der Waals surface area contributed by atoms with E-state index in [9.17, 15) is 0 Å². The summed E-state index contributed by atoms with van der Waals surface area (Å²) >= 11 is 0. The molecule has 0 amide bonds. The Labute approximate surface area is 81.0 Å². The number of terminal acetylenes is 1. The molecule has 0 spiro atoms. The Hall–Kier alpha value is -0.520. The molecule has 2 nitrogen and oxygen atoms in total. The number of hydrogen-bond acceptors (Lipinski definition) is 2. The van der Waals surface area contributed by atoms with Gasteiger partial charge in [-0.1, -0.05) is 0 Å². The first-order valence-electron chi connectivity index (χ1n) is 5.01. The number of ether oxygens (including phenoxy) is 1. The average Bonchev–Trinajstić information content (AvgIpc) is 2.55. The van der Waals surface area contributed by atoms with Crippen molar-refractivity contribution in [3.63, 3.8) is 0 Å². The Kier molecular flexibility index (Phi) is 4.27. The summed E-state index contributed by atoms with van der Waals surface area (Å²) in [6.07, 6.45) is 7.22. The fourth-order valence-corrected chi connectivity index (χ4v) is 1.77. The topological polar surface area (TPSA) is 21.3 Å². The Balaban J connectivity index is 2.23. The first kappa shape index (κ1) is 10.6. The average molecular weight is 181 g/mol. The van der Waals surface area contributed by atoms with Crippen LogP contribution < -0.4 is 5.32 Å². The lowest BCUT2D eigenvalue weighted by Crippen LogP contribution is -2.39. The Morgan fingerprint density at radius 3 is 2.92 bits per heavy atom. The summed E-state index contributed by atoms with van der Waals surface area (Å²) < 4.78 is 5.34. The maximum absolute atomic E-state index is 5.34. The number of nitrogens with one attached hydrogen (secondary N) is 1. The minimum atomic E-state index is 0.417. The van der Waals surface area contributed by atoms with Crippen LogP contribution in [0.1, 0.15) is 26.7 Å². The first-order valence-corrected chi connectivity index (χ1v) is 5.01. The van der Waals surface area contributed by atoms with E-state index in [0.717, 1.165) is 19.6 Å². The molecule has 0 bridgehead atoms. The molecule has 1 saturated heterocycles. The molecule has 0 radical (unpaired) electrons. The zero-order valence-corrected chi connectivity index (χ0v) is 8.55. The van der Waals surface area contributed by atoms with Crippen molar-refractivity contribution in [1.82, 2.24) is 5.32 Å². The van der Waals surface area contributed by atoms with E-state index in [4.69, 9.17) is 11.2 Å². The van der Waals surface area contributed by atoms with Gasteiger partial charge in [0.25, 0.3) is 0 Å². The van der Waals surface area contributed by atoms with E-state index < -0.39 is 0 Å². The second-order valence-corrected chi connectivity index (χ2v) is 3.89. The maximum Gasteiger partial charge on any atom is 0.0509 e. The van der Waals surface area contributed by atoms with Gasteiger partial charge in [0.1, 0.15) is 0 Å².